The molecule has 2 unspecified atom stereocenters. The Labute approximate surface area is 105 Å². The van der Waals surface area contributed by atoms with Crippen molar-refractivity contribution in [3.05, 3.63) is 34.3 Å². The molecule has 0 saturated heterocycles. The summed E-state index contributed by atoms with van der Waals surface area (Å²) < 4.78 is 12.7. The Morgan fingerprint density at radius 2 is 2.00 bits per heavy atom. The van der Waals surface area contributed by atoms with Gasteiger partial charge in [0.15, 0.2) is 0 Å². The number of benzene rings is 1. The first kappa shape index (κ1) is 13.4. The van der Waals surface area contributed by atoms with Crippen LogP contribution in [0.4, 0.5) is 0 Å². The highest BCUT2D eigenvalue weighted by Crippen LogP contribution is 2.14. The van der Waals surface area contributed by atoms with Crippen molar-refractivity contribution in [1.82, 2.24) is 0 Å². The molecule has 16 heavy (non-hydrogen) atoms. The van der Waals surface area contributed by atoms with Gasteiger partial charge in [0.2, 0.25) is 0 Å². The van der Waals surface area contributed by atoms with E-state index in [1.54, 1.807) is 6.92 Å². The molecule has 0 aliphatic rings. The third-order valence-electron chi connectivity index (χ3n) is 2.13. The molecule has 0 amide bonds. The Balaban J connectivity index is 2.57. The minimum absolute atomic E-state index is 0.0524. The van der Waals surface area contributed by atoms with Crippen molar-refractivity contribution >= 4 is 32.7 Å². The average molecular weight is 305 g/mol. The molecular weight excluding hydrogens is 292 g/mol. The fourth-order valence-electron chi connectivity index (χ4n) is 1.23. The van der Waals surface area contributed by atoms with Gasteiger partial charge in [0, 0.05) is 26.3 Å². The number of carboxylic acid groups (broad SMARTS) is 1. The van der Waals surface area contributed by atoms with Crippen molar-refractivity contribution in [3.63, 3.8) is 0 Å². The van der Waals surface area contributed by atoms with Crippen molar-refractivity contribution < 1.29 is 14.1 Å². The second kappa shape index (κ2) is 6.15. The van der Waals surface area contributed by atoms with E-state index in [-0.39, 0.29) is 11.7 Å². The van der Waals surface area contributed by atoms with Gasteiger partial charge >= 0.3 is 5.97 Å². The molecule has 1 rings (SSSR count). The second-order valence-electron chi connectivity index (χ2n) is 3.56. The predicted octanol–water partition coefficient (Wildman–Crippen LogP) is 2.56. The van der Waals surface area contributed by atoms with E-state index in [1.165, 1.54) is 0 Å². The van der Waals surface area contributed by atoms with Crippen LogP contribution >= 0.6 is 15.9 Å². The van der Waals surface area contributed by atoms with Gasteiger partial charge in [0.1, 0.15) is 0 Å². The molecule has 1 aromatic rings. The number of halogens is 1. The molecule has 0 spiro atoms. The lowest BCUT2D eigenvalue weighted by Crippen LogP contribution is -2.17. The quantitative estimate of drug-likeness (QED) is 0.909. The monoisotopic (exact) mass is 304 g/mol. The molecule has 0 heterocycles. The highest BCUT2D eigenvalue weighted by molar-refractivity contribution is 9.10. The van der Waals surface area contributed by atoms with Crippen LogP contribution in [-0.2, 0) is 21.3 Å². The third-order valence-corrected chi connectivity index (χ3v) is 4.34. The van der Waals surface area contributed by atoms with Gasteiger partial charge in [-0.1, -0.05) is 35.0 Å². The van der Waals surface area contributed by atoms with Gasteiger partial charge in [-0.15, -0.1) is 0 Å². The molecule has 3 nitrogen and oxygen atoms in total. The fourth-order valence-corrected chi connectivity index (χ4v) is 2.62. The Kier molecular flexibility index (Phi) is 5.15. The first-order valence-electron chi connectivity index (χ1n) is 4.82. The minimum atomic E-state index is -1.14. The molecule has 2 atom stereocenters. The Morgan fingerprint density at radius 3 is 2.50 bits per heavy atom. The summed E-state index contributed by atoms with van der Waals surface area (Å²) in [5.41, 5.74) is 0.957. The molecule has 0 bridgehead atoms. The number of rotatable bonds is 5. The van der Waals surface area contributed by atoms with Crippen LogP contribution in [0.25, 0.3) is 0 Å². The minimum Gasteiger partial charge on any atom is -0.481 e. The van der Waals surface area contributed by atoms with Gasteiger partial charge in [-0.2, -0.15) is 0 Å². The summed E-state index contributed by atoms with van der Waals surface area (Å²) in [5.74, 6) is -0.501. The molecule has 5 heteroatoms. The van der Waals surface area contributed by atoms with Crippen molar-refractivity contribution in [2.24, 2.45) is 0 Å². The van der Waals surface area contributed by atoms with Crippen LogP contribution in [0.2, 0.25) is 0 Å². The van der Waals surface area contributed by atoms with Gasteiger partial charge in [0.25, 0.3) is 0 Å². The van der Waals surface area contributed by atoms with Crippen molar-refractivity contribution in [1.29, 1.82) is 0 Å². The van der Waals surface area contributed by atoms with Crippen LogP contribution in [0, 0.1) is 0 Å². The predicted molar refractivity (Wildman–Crippen MR) is 67.7 cm³/mol. The number of hydrogen-bond acceptors (Lipinski definition) is 2. The summed E-state index contributed by atoms with van der Waals surface area (Å²) in [7, 11) is -1.14. The number of carboxylic acids is 1. The summed E-state index contributed by atoms with van der Waals surface area (Å²) in [6.07, 6.45) is -0.0524. The Hall–Kier alpha value is -0.680. The zero-order valence-corrected chi connectivity index (χ0v) is 11.3. The molecule has 0 saturated carbocycles. The van der Waals surface area contributed by atoms with Crippen molar-refractivity contribution in [3.8, 4) is 0 Å². The maximum atomic E-state index is 11.8. The van der Waals surface area contributed by atoms with E-state index in [1.807, 2.05) is 24.3 Å². The average Bonchev–Trinajstić information content (AvgIpc) is 2.20. The number of carbonyl (C=O) groups is 1. The summed E-state index contributed by atoms with van der Waals surface area (Å²) in [4.78, 5) is 10.5. The number of hydrogen-bond donors (Lipinski definition) is 1. The van der Waals surface area contributed by atoms with Crippen LogP contribution in [-0.4, -0.2) is 20.5 Å². The van der Waals surface area contributed by atoms with E-state index in [2.05, 4.69) is 15.9 Å². The summed E-state index contributed by atoms with van der Waals surface area (Å²) >= 11 is 3.32. The molecule has 0 aromatic heterocycles. The van der Waals surface area contributed by atoms with E-state index >= 15 is 0 Å². The first-order chi connectivity index (χ1) is 7.49. The summed E-state index contributed by atoms with van der Waals surface area (Å²) in [6, 6.07) is 7.54. The van der Waals surface area contributed by atoms with Crippen molar-refractivity contribution in [2.45, 2.75) is 24.3 Å². The molecule has 0 radical (unpaired) electrons. The van der Waals surface area contributed by atoms with Crippen LogP contribution < -0.4 is 0 Å². The molecule has 0 aliphatic carbocycles. The SMILES string of the molecule is CC(CC(=O)O)S(=O)Cc1ccc(Br)cc1. The smallest absolute Gasteiger partial charge is 0.304 e. The van der Waals surface area contributed by atoms with Gasteiger partial charge in [0.05, 0.1) is 6.42 Å². The lowest BCUT2D eigenvalue weighted by Gasteiger charge is -2.08. The lowest BCUT2D eigenvalue weighted by atomic mass is 10.2. The molecule has 0 fully saturated rings. The van der Waals surface area contributed by atoms with E-state index < -0.39 is 16.8 Å². The number of aliphatic carboxylic acids is 1. The van der Waals surface area contributed by atoms with Crippen LogP contribution in [0.1, 0.15) is 18.9 Å². The molecule has 88 valence electrons. The summed E-state index contributed by atoms with van der Waals surface area (Å²) in [6.45, 7) is 1.70. The summed E-state index contributed by atoms with van der Waals surface area (Å²) in [5, 5.41) is 8.28. The second-order valence-corrected chi connectivity index (χ2v) is 6.33. The maximum absolute atomic E-state index is 11.8. The maximum Gasteiger partial charge on any atom is 0.304 e. The van der Waals surface area contributed by atoms with Crippen LogP contribution in [0.15, 0.2) is 28.7 Å². The van der Waals surface area contributed by atoms with Gasteiger partial charge in [-0.05, 0) is 17.7 Å². The zero-order chi connectivity index (χ0) is 12.1. The molecule has 0 aliphatic heterocycles. The molecule has 1 N–H and O–H groups in total. The standard InChI is InChI=1S/C11H13BrO3S/c1-8(6-11(13)14)16(15)7-9-2-4-10(12)5-3-9/h2-5,8H,6-7H2,1H3,(H,13,14). The van der Waals surface area contributed by atoms with Gasteiger partial charge in [-0.3, -0.25) is 9.00 Å². The fraction of sp³-hybridized carbons (Fsp3) is 0.364. The van der Waals surface area contributed by atoms with E-state index in [0.29, 0.717) is 5.75 Å². The molecule has 1 aromatic carbocycles. The van der Waals surface area contributed by atoms with E-state index in [4.69, 9.17) is 5.11 Å². The van der Waals surface area contributed by atoms with Crippen LogP contribution in [0.5, 0.6) is 0 Å². The van der Waals surface area contributed by atoms with E-state index in [0.717, 1.165) is 10.0 Å². The first-order valence-corrected chi connectivity index (χ1v) is 7.00. The zero-order valence-electron chi connectivity index (χ0n) is 8.85. The highest BCUT2D eigenvalue weighted by atomic mass is 79.9. The Bertz CT molecular complexity index is 389. The largest absolute Gasteiger partial charge is 0.481 e. The normalized spacial score (nSPS) is 14.4. The van der Waals surface area contributed by atoms with Gasteiger partial charge in [-0.25, -0.2) is 0 Å². The molecular formula is C11H13BrO3S. The van der Waals surface area contributed by atoms with E-state index in [9.17, 15) is 9.00 Å². The van der Waals surface area contributed by atoms with Crippen molar-refractivity contribution in [2.75, 3.05) is 0 Å². The lowest BCUT2D eigenvalue weighted by molar-refractivity contribution is -0.136. The Morgan fingerprint density at radius 1 is 1.44 bits per heavy atom. The topological polar surface area (TPSA) is 54.4 Å². The van der Waals surface area contributed by atoms with Gasteiger partial charge < -0.3 is 5.11 Å². The highest BCUT2D eigenvalue weighted by Gasteiger charge is 2.15. The third kappa shape index (κ3) is 4.45. The van der Waals surface area contributed by atoms with Crippen LogP contribution in [0.3, 0.4) is 0 Å².